The van der Waals surface area contributed by atoms with Gasteiger partial charge in [0, 0.05) is 24.2 Å². The van der Waals surface area contributed by atoms with E-state index in [1.807, 2.05) is 0 Å². The molecule has 3 aromatic rings. The first kappa shape index (κ1) is 25.6. The number of hydrogen-bond acceptors (Lipinski definition) is 6. The van der Waals surface area contributed by atoms with Gasteiger partial charge in [-0.2, -0.15) is 13.2 Å². The summed E-state index contributed by atoms with van der Waals surface area (Å²) in [5.74, 6) is -2.00. The number of fused-ring (bicyclic) bond motifs is 1. The fraction of sp³-hybridized carbons (Fsp3) is 0.375. The van der Waals surface area contributed by atoms with E-state index in [4.69, 9.17) is 4.74 Å². The molecule has 4 rings (SSSR count). The number of aryl methyl sites for hydroxylation is 1. The minimum Gasteiger partial charge on any atom is -0.466 e. The number of carbonyl (C=O) groups is 2. The molecule has 8 nitrogen and oxygen atoms in total. The zero-order valence-electron chi connectivity index (χ0n) is 19.1. The molecule has 1 aromatic heterocycles. The zero-order chi connectivity index (χ0) is 26.3. The molecule has 12 heteroatoms. The number of β-amino-alcohol motifs (C(OH)–C–C–N with tert-alkyl or cyclic N) is 1. The summed E-state index contributed by atoms with van der Waals surface area (Å²) in [6, 6.07) is 6.87. The first-order chi connectivity index (χ1) is 17.0. The highest BCUT2D eigenvalue weighted by Crippen LogP contribution is 2.44. The average molecular weight is 509 g/mol. The van der Waals surface area contributed by atoms with E-state index in [1.54, 1.807) is 6.92 Å². The van der Waals surface area contributed by atoms with Gasteiger partial charge in [0.05, 0.1) is 23.2 Å². The van der Waals surface area contributed by atoms with Gasteiger partial charge in [0.15, 0.2) is 5.82 Å². The van der Waals surface area contributed by atoms with Crippen molar-refractivity contribution in [3.05, 3.63) is 65.2 Å². The predicted octanol–water partition coefficient (Wildman–Crippen LogP) is 2.74. The van der Waals surface area contributed by atoms with Crippen molar-refractivity contribution in [1.82, 2.24) is 14.5 Å². The SMILES string of the molecule is CCn1c(C(O)(c2ccc(F)cc2)C(F)(F)F)nc2ccc(C(=O)N3C[C@H](O)C[C@H]3COC=O)cc21. The molecule has 0 spiro atoms. The number of aromatic nitrogens is 2. The van der Waals surface area contributed by atoms with Crippen molar-refractivity contribution < 1.29 is 42.1 Å². The van der Waals surface area contributed by atoms with Gasteiger partial charge in [0.1, 0.15) is 12.4 Å². The van der Waals surface area contributed by atoms with E-state index in [9.17, 15) is 37.4 Å². The van der Waals surface area contributed by atoms with Crippen LogP contribution in [0.1, 0.15) is 35.1 Å². The van der Waals surface area contributed by atoms with Crippen LogP contribution < -0.4 is 0 Å². The minimum absolute atomic E-state index is 0.000432. The minimum atomic E-state index is -5.20. The second-order valence-corrected chi connectivity index (χ2v) is 8.53. The molecule has 0 saturated carbocycles. The summed E-state index contributed by atoms with van der Waals surface area (Å²) in [5, 5.41) is 21.0. The Labute approximate surface area is 202 Å². The molecule has 1 fully saturated rings. The molecule has 1 unspecified atom stereocenters. The average Bonchev–Trinajstić information content (AvgIpc) is 3.40. The quantitative estimate of drug-likeness (QED) is 0.375. The summed E-state index contributed by atoms with van der Waals surface area (Å²) in [6.45, 7) is 1.66. The van der Waals surface area contributed by atoms with Crippen LogP contribution in [0, 0.1) is 5.82 Å². The van der Waals surface area contributed by atoms with Crippen molar-refractivity contribution in [2.75, 3.05) is 13.2 Å². The number of halogens is 4. The number of hydrogen-bond donors (Lipinski definition) is 2. The van der Waals surface area contributed by atoms with Gasteiger partial charge in [-0.1, -0.05) is 12.1 Å². The maximum atomic E-state index is 14.3. The molecule has 3 atom stereocenters. The topological polar surface area (TPSA) is 105 Å². The third kappa shape index (κ3) is 4.30. The number of aliphatic hydroxyl groups is 2. The maximum Gasteiger partial charge on any atom is 0.428 e. The third-order valence-electron chi connectivity index (χ3n) is 6.32. The second kappa shape index (κ2) is 9.51. The standard InChI is InChI=1S/C24H23F4N3O5/c1-2-30-20-9-14(21(34)31-11-18(33)10-17(31)12-36-13-32)3-8-19(20)29-22(30)23(35,24(26,27)28)15-4-6-16(25)7-5-15/h3-9,13,17-18,33,35H,2,10-12H2,1H3/t17-,18+,23?/m0/s1. The second-order valence-electron chi connectivity index (χ2n) is 8.53. The number of nitrogens with zero attached hydrogens (tertiary/aromatic N) is 3. The summed E-state index contributed by atoms with van der Waals surface area (Å²) < 4.78 is 62.2. The largest absolute Gasteiger partial charge is 0.466 e. The molecular formula is C24H23F4N3O5. The zero-order valence-corrected chi connectivity index (χ0v) is 19.1. The van der Waals surface area contributed by atoms with Gasteiger partial charge in [-0.15, -0.1) is 0 Å². The Morgan fingerprint density at radius 3 is 2.53 bits per heavy atom. The number of alkyl halides is 3. The highest BCUT2D eigenvalue weighted by Gasteiger charge is 2.59. The van der Waals surface area contributed by atoms with Crippen LogP contribution in [0.5, 0.6) is 0 Å². The van der Waals surface area contributed by atoms with Gasteiger partial charge >= 0.3 is 6.18 Å². The molecule has 0 bridgehead atoms. The van der Waals surface area contributed by atoms with Crippen molar-refractivity contribution >= 4 is 23.4 Å². The summed E-state index contributed by atoms with van der Waals surface area (Å²) in [4.78, 5) is 29.2. The number of imidazole rings is 1. The molecule has 2 N–H and O–H groups in total. The molecule has 1 saturated heterocycles. The van der Waals surface area contributed by atoms with Crippen LogP contribution >= 0.6 is 0 Å². The Morgan fingerprint density at radius 2 is 1.92 bits per heavy atom. The Kier molecular flexibility index (Phi) is 6.76. The lowest BCUT2D eigenvalue weighted by atomic mass is 9.92. The molecule has 1 amide bonds. The third-order valence-corrected chi connectivity index (χ3v) is 6.32. The van der Waals surface area contributed by atoms with Crippen LogP contribution in [-0.2, 0) is 21.7 Å². The van der Waals surface area contributed by atoms with E-state index in [1.165, 1.54) is 23.1 Å². The van der Waals surface area contributed by atoms with Crippen LogP contribution in [0.4, 0.5) is 17.6 Å². The lowest BCUT2D eigenvalue weighted by molar-refractivity contribution is -0.252. The van der Waals surface area contributed by atoms with Gasteiger partial charge in [0.2, 0.25) is 5.60 Å². The molecule has 1 aliphatic rings. The first-order valence-electron chi connectivity index (χ1n) is 11.1. The fourth-order valence-electron chi connectivity index (χ4n) is 4.58. The van der Waals surface area contributed by atoms with Crippen LogP contribution in [0.2, 0.25) is 0 Å². The van der Waals surface area contributed by atoms with Crippen LogP contribution in [0.15, 0.2) is 42.5 Å². The Hall–Kier alpha value is -3.51. The van der Waals surface area contributed by atoms with E-state index < -0.39 is 47.0 Å². The first-order valence-corrected chi connectivity index (χ1v) is 11.1. The van der Waals surface area contributed by atoms with E-state index in [2.05, 4.69) is 4.98 Å². The number of likely N-dealkylation sites (tertiary alicyclic amines) is 1. The molecular weight excluding hydrogens is 486 g/mol. The van der Waals surface area contributed by atoms with E-state index in [0.29, 0.717) is 0 Å². The van der Waals surface area contributed by atoms with Crippen molar-refractivity contribution in [2.45, 2.75) is 43.8 Å². The smallest absolute Gasteiger partial charge is 0.428 e. The number of ether oxygens (including phenoxy) is 1. The molecule has 2 heterocycles. The summed E-state index contributed by atoms with van der Waals surface area (Å²) in [5.41, 5.74) is -3.76. The Bertz CT molecular complexity index is 1280. The number of carbonyl (C=O) groups excluding carboxylic acids is 2. The van der Waals surface area contributed by atoms with E-state index in [-0.39, 0.29) is 49.2 Å². The molecule has 1 aliphatic heterocycles. The van der Waals surface area contributed by atoms with Gasteiger partial charge in [0.25, 0.3) is 12.4 Å². The fourth-order valence-corrected chi connectivity index (χ4v) is 4.58. The summed E-state index contributed by atoms with van der Waals surface area (Å²) in [6.07, 6.45) is -5.81. The maximum absolute atomic E-state index is 14.3. The molecule has 0 radical (unpaired) electrons. The molecule has 192 valence electrons. The van der Waals surface area contributed by atoms with Crippen molar-refractivity contribution in [3.8, 4) is 0 Å². The van der Waals surface area contributed by atoms with E-state index in [0.717, 1.165) is 28.8 Å². The number of benzene rings is 2. The summed E-state index contributed by atoms with van der Waals surface area (Å²) in [7, 11) is 0. The molecule has 0 aliphatic carbocycles. The molecule has 36 heavy (non-hydrogen) atoms. The number of aliphatic hydroxyl groups excluding tert-OH is 1. The Morgan fingerprint density at radius 1 is 1.22 bits per heavy atom. The Balaban J connectivity index is 1.80. The number of rotatable bonds is 7. The van der Waals surface area contributed by atoms with Crippen molar-refractivity contribution in [1.29, 1.82) is 0 Å². The van der Waals surface area contributed by atoms with Gasteiger partial charge in [-0.05, 0) is 43.7 Å². The van der Waals surface area contributed by atoms with Crippen molar-refractivity contribution in [2.24, 2.45) is 0 Å². The molecule has 2 aromatic carbocycles. The lowest BCUT2D eigenvalue weighted by Crippen LogP contribution is -2.45. The van der Waals surface area contributed by atoms with Crippen LogP contribution in [0.3, 0.4) is 0 Å². The highest BCUT2D eigenvalue weighted by atomic mass is 19.4. The van der Waals surface area contributed by atoms with E-state index >= 15 is 0 Å². The van der Waals surface area contributed by atoms with Gasteiger partial charge in [-0.3, -0.25) is 9.59 Å². The van der Waals surface area contributed by atoms with Gasteiger partial charge in [-0.25, -0.2) is 9.37 Å². The summed E-state index contributed by atoms with van der Waals surface area (Å²) >= 11 is 0. The van der Waals surface area contributed by atoms with Crippen LogP contribution in [0.25, 0.3) is 11.0 Å². The van der Waals surface area contributed by atoms with Gasteiger partial charge < -0.3 is 24.4 Å². The normalized spacial score (nSPS) is 19.9. The number of amides is 1. The predicted molar refractivity (Wildman–Crippen MR) is 118 cm³/mol. The monoisotopic (exact) mass is 509 g/mol. The van der Waals surface area contributed by atoms with Crippen LogP contribution in [-0.4, -0.2) is 68.5 Å². The lowest BCUT2D eigenvalue weighted by Gasteiger charge is -2.30. The highest BCUT2D eigenvalue weighted by molar-refractivity contribution is 5.98. The van der Waals surface area contributed by atoms with Crippen molar-refractivity contribution in [3.63, 3.8) is 0 Å².